The van der Waals surface area contributed by atoms with Gasteiger partial charge < -0.3 is 5.73 Å². The van der Waals surface area contributed by atoms with E-state index in [0.717, 1.165) is 5.56 Å². The molecule has 2 N–H and O–H groups in total. The van der Waals surface area contributed by atoms with Gasteiger partial charge in [-0.1, -0.05) is 39.5 Å². The monoisotopic (exact) mass is 194 g/mol. The smallest absolute Gasteiger partial charge is 0.123 e. The number of rotatable bonds is 3. The second-order valence-electron chi connectivity index (χ2n) is 3.47. The van der Waals surface area contributed by atoms with Crippen molar-refractivity contribution >= 4 is 5.82 Å². The highest BCUT2D eigenvalue weighted by Crippen LogP contribution is 1.98. The van der Waals surface area contributed by atoms with Gasteiger partial charge in [-0.3, -0.25) is 0 Å². The summed E-state index contributed by atoms with van der Waals surface area (Å²) in [5, 5.41) is 0. The van der Waals surface area contributed by atoms with Crippen LogP contribution in [0.15, 0.2) is 18.3 Å². The molecule has 1 heterocycles. The molecule has 1 rings (SSSR count). The number of anilines is 1. The fraction of sp³-hybridized carbons (Fsp3) is 0.583. The molecule has 0 saturated carbocycles. The molecule has 0 atom stereocenters. The molecule has 0 saturated heterocycles. The van der Waals surface area contributed by atoms with Gasteiger partial charge in [-0.25, -0.2) is 4.98 Å². The van der Waals surface area contributed by atoms with E-state index in [9.17, 15) is 0 Å². The molecule has 0 unspecified atom stereocenters. The number of hydrogen-bond acceptors (Lipinski definition) is 2. The Labute approximate surface area is 87.6 Å². The summed E-state index contributed by atoms with van der Waals surface area (Å²) < 4.78 is 0. The van der Waals surface area contributed by atoms with Crippen LogP contribution in [0.5, 0.6) is 0 Å². The second kappa shape index (κ2) is 8.54. The maximum atomic E-state index is 5.35. The number of unbranched alkanes of at least 4 members (excludes halogenated alkanes) is 3. The summed E-state index contributed by atoms with van der Waals surface area (Å²) >= 11 is 0. The molecule has 0 aliphatic heterocycles. The first-order valence-corrected chi connectivity index (χ1v) is 5.38. The lowest BCUT2D eigenvalue weighted by Crippen LogP contribution is -1.87. The SMILES string of the molecule is CCCCCC.Cc1ccnc(N)c1. The molecule has 0 radical (unpaired) electrons. The van der Waals surface area contributed by atoms with Crippen LogP contribution >= 0.6 is 0 Å². The van der Waals surface area contributed by atoms with Crippen molar-refractivity contribution < 1.29 is 0 Å². The molecule has 2 heteroatoms. The third-order valence-electron chi connectivity index (χ3n) is 1.89. The minimum atomic E-state index is 0.588. The zero-order valence-corrected chi connectivity index (χ0v) is 9.59. The molecule has 0 bridgehead atoms. The first-order chi connectivity index (χ1) is 6.70. The number of aromatic nitrogens is 1. The topological polar surface area (TPSA) is 38.9 Å². The van der Waals surface area contributed by atoms with E-state index in [1.54, 1.807) is 6.20 Å². The van der Waals surface area contributed by atoms with E-state index in [1.807, 2.05) is 19.1 Å². The zero-order valence-electron chi connectivity index (χ0n) is 9.59. The van der Waals surface area contributed by atoms with Crippen molar-refractivity contribution in [1.82, 2.24) is 4.98 Å². The minimum absolute atomic E-state index is 0.588. The molecular formula is C12H22N2. The van der Waals surface area contributed by atoms with Crippen LogP contribution in [0.3, 0.4) is 0 Å². The average molecular weight is 194 g/mol. The van der Waals surface area contributed by atoms with Gasteiger partial charge in [0, 0.05) is 6.20 Å². The third kappa shape index (κ3) is 7.59. The van der Waals surface area contributed by atoms with Gasteiger partial charge in [0.05, 0.1) is 0 Å². The molecular weight excluding hydrogens is 172 g/mol. The third-order valence-corrected chi connectivity index (χ3v) is 1.89. The summed E-state index contributed by atoms with van der Waals surface area (Å²) in [6.07, 6.45) is 7.24. The standard InChI is InChI=1S/C6H8N2.C6H14/c1-5-2-3-8-6(7)4-5;1-3-5-6-4-2/h2-4H,1H3,(H2,7,8);3-6H2,1-2H3. The van der Waals surface area contributed by atoms with Crippen molar-refractivity contribution in [1.29, 1.82) is 0 Å². The summed E-state index contributed by atoms with van der Waals surface area (Å²) in [4.78, 5) is 3.82. The predicted octanol–water partition coefficient (Wildman–Crippen LogP) is 3.56. The Morgan fingerprint density at radius 3 is 2.07 bits per heavy atom. The van der Waals surface area contributed by atoms with Gasteiger partial charge >= 0.3 is 0 Å². The number of nitrogen functional groups attached to an aromatic ring is 1. The van der Waals surface area contributed by atoms with Crippen LogP contribution in [0.1, 0.15) is 45.1 Å². The second-order valence-corrected chi connectivity index (χ2v) is 3.47. The van der Waals surface area contributed by atoms with E-state index in [-0.39, 0.29) is 0 Å². The maximum Gasteiger partial charge on any atom is 0.123 e. The molecule has 14 heavy (non-hydrogen) atoms. The van der Waals surface area contributed by atoms with Gasteiger partial charge in [0.15, 0.2) is 0 Å². The van der Waals surface area contributed by atoms with E-state index < -0.39 is 0 Å². The van der Waals surface area contributed by atoms with Crippen molar-refractivity contribution in [2.45, 2.75) is 46.5 Å². The first-order valence-electron chi connectivity index (χ1n) is 5.38. The van der Waals surface area contributed by atoms with Crippen LogP contribution < -0.4 is 5.73 Å². The first kappa shape index (κ1) is 12.9. The van der Waals surface area contributed by atoms with Crippen molar-refractivity contribution in [2.75, 3.05) is 5.73 Å². The summed E-state index contributed by atoms with van der Waals surface area (Å²) in [7, 11) is 0. The lowest BCUT2D eigenvalue weighted by atomic mass is 10.2. The highest BCUT2D eigenvalue weighted by molar-refractivity contribution is 5.30. The number of hydrogen-bond donors (Lipinski definition) is 1. The van der Waals surface area contributed by atoms with Gasteiger partial charge in [-0.05, 0) is 24.6 Å². The molecule has 0 amide bonds. The number of aryl methyl sites for hydroxylation is 1. The van der Waals surface area contributed by atoms with Crippen molar-refractivity contribution in [2.24, 2.45) is 0 Å². The maximum absolute atomic E-state index is 5.35. The highest BCUT2D eigenvalue weighted by Gasteiger charge is 1.82. The molecule has 0 aliphatic carbocycles. The summed E-state index contributed by atoms with van der Waals surface area (Å²) in [5.41, 5.74) is 6.50. The van der Waals surface area contributed by atoms with Crippen LogP contribution in [0, 0.1) is 6.92 Å². The van der Waals surface area contributed by atoms with Crippen LogP contribution in [0.4, 0.5) is 5.82 Å². The van der Waals surface area contributed by atoms with E-state index in [0.29, 0.717) is 5.82 Å². The zero-order chi connectivity index (χ0) is 10.8. The lowest BCUT2D eigenvalue weighted by Gasteiger charge is -1.90. The Bertz CT molecular complexity index is 212. The van der Waals surface area contributed by atoms with E-state index in [1.165, 1.54) is 25.7 Å². The Morgan fingerprint density at radius 1 is 1.21 bits per heavy atom. The van der Waals surface area contributed by atoms with Crippen molar-refractivity contribution in [3.63, 3.8) is 0 Å². The molecule has 0 fully saturated rings. The molecule has 0 aromatic carbocycles. The van der Waals surface area contributed by atoms with Crippen LogP contribution in [-0.4, -0.2) is 4.98 Å². The van der Waals surface area contributed by atoms with Gasteiger partial charge in [-0.2, -0.15) is 0 Å². The molecule has 0 aliphatic rings. The highest BCUT2D eigenvalue weighted by atomic mass is 14.8. The van der Waals surface area contributed by atoms with Crippen molar-refractivity contribution in [3.8, 4) is 0 Å². The van der Waals surface area contributed by atoms with Crippen LogP contribution in [0.25, 0.3) is 0 Å². The van der Waals surface area contributed by atoms with E-state index in [4.69, 9.17) is 5.73 Å². The normalized spacial score (nSPS) is 9.07. The van der Waals surface area contributed by atoms with Crippen LogP contribution in [-0.2, 0) is 0 Å². The molecule has 0 spiro atoms. The molecule has 2 nitrogen and oxygen atoms in total. The van der Waals surface area contributed by atoms with Gasteiger partial charge in [0.2, 0.25) is 0 Å². The van der Waals surface area contributed by atoms with E-state index in [2.05, 4.69) is 18.8 Å². The van der Waals surface area contributed by atoms with E-state index >= 15 is 0 Å². The molecule has 1 aromatic heterocycles. The van der Waals surface area contributed by atoms with Gasteiger partial charge in [0.1, 0.15) is 5.82 Å². The number of pyridine rings is 1. The summed E-state index contributed by atoms with van der Waals surface area (Å²) in [5.74, 6) is 0.588. The Kier molecular flexibility index (Phi) is 7.90. The summed E-state index contributed by atoms with van der Waals surface area (Å²) in [6.45, 7) is 6.45. The van der Waals surface area contributed by atoms with Crippen molar-refractivity contribution in [3.05, 3.63) is 23.9 Å². The Hall–Kier alpha value is -1.05. The van der Waals surface area contributed by atoms with Crippen LogP contribution in [0.2, 0.25) is 0 Å². The summed E-state index contributed by atoms with van der Waals surface area (Å²) in [6, 6.07) is 3.75. The fourth-order valence-corrected chi connectivity index (χ4v) is 1.06. The fourth-order valence-electron chi connectivity index (χ4n) is 1.06. The molecule has 1 aromatic rings. The minimum Gasteiger partial charge on any atom is -0.384 e. The molecule has 80 valence electrons. The van der Waals surface area contributed by atoms with Gasteiger partial charge in [-0.15, -0.1) is 0 Å². The largest absolute Gasteiger partial charge is 0.384 e. The Balaban J connectivity index is 0.000000255. The van der Waals surface area contributed by atoms with Gasteiger partial charge in [0.25, 0.3) is 0 Å². The average Bonchev–Trinajstić information content (AvgIpc) is 2.15. The number of nitrogens with two attached hydrogens (primary N) is 1. The lowest BCUT2D eigenvalue weighted by molar-refractivity contribution is 0.702. The Morgan fingerprint density at radius 2 is 1.79 bits per heavy atom. The predicted molar refractivity (Wildman–Crippen MR) is 63.2 cm³/mol. The number of nitrogens with zero attached hydrogens (tertiary/aromatic N) is 1. The quantitative estimate of drug-likeness (QED) is 0.747.